The van der Waals surface area contributed by atoms with Gasteiger partial charge in [-0.2, -0.15) is 0 Å². The molecule has 0 bridgehead atoms. The molecule has 9 nitrogen and oxygen atoms in total. The van der Waals surface area contributed by atoms with Gasteiger partial charge in [0.25, 0.3) is 5.91 Å². The quantitative estimate of drug-likeness (QED) is 0.164. The van der Waals surface area contributed by atoms with E-state index in [9.17, 15) is 28.8 Å². The summed E-state index contributed by atoms with van der Waals surface area (Å²) < 4.78 is 0. The molecule has 0 radical (unpaired) electrons. The van der Waals surface area contributed by atoms with Gasteiger partial charge in [0.2, 0.25) is 17.6 Å². The van der Waals surface area contributed by atoms with Gasteiger partial charge in [-0.3, -0.25) is 28.8 Å². The minimum Gasteiger partial charge on any atom is -0.369 e. The average Bonchev–Trinajstić information content (AvgIpc) is 3.06. The van der Waals surface area contributed by atoms with E-state index < -0.39 is 58.6 Å². The fourth-order valence-electron chi connectivity index (χ4n) is 5.41. The first kappa shape index (κ1) is 37.5. The number of hydrogen-bond acceptors (Lipinski definition) is 6. The Balaban J connectivity index is 1.82. The van der Waals surface area contributed by atoms with Gasteiger partial charge in [-0.25, -0.2) is 0 Å². The van der Waals surface area contributed by atoms with Crippen molar-refractivity contribution in [3.8, 4) is 0 Å². The van der Waals surface area contributed by atoms with Crippen molar-refractivity contribution in [1.29, 1.82) is 0 Å². The van der Waals surface area contributed by atoms with E-state index in [4.69, 9.17) is 5.73 Å². The molecule has 3 aromatic rings. The lowest BCUT2D eigenvalue weighted by molar-refractivity contribution is -0.143. The number of amides is 3. The molecule has 0 spiro atoms. The number of Topliss-reactive ketones (excluding diaryl/α,β-unsaturated/α-hetero) is 3. The fraction of sp³-hybridized carbons (Fsp3) is 0.385. The molecule has 48 heavy (non-hydrogen) atoms. The number of nitrogens with two attached hydrogens (primary N) is 1. The summed E-state index contributed by atoms with van der Waals surface area (Å²) in [5.74, 6) is -4.87. The van der Waals surface area contributed by atoms with Crippen LogP contribution in [0.15, 0.2) is 91.0 Å². The molecule has 0 aliphatic rings. The molecule has 0 heterocycles. The number of primary amides is 1. The highest BCUT2D eigenvalue weighted by Gasteiger charge is 2.37. The van der Waals surface area contributed by atoms with E-state index in [0.717, 1.165) is 16.7 Å². The van der Waals surface area contributed by atoms with E-state index in [1.165, 1.54) is 0 Å². The van der Waals surface area contributed by atoms with Crippen molar-refractivity contribution < 1.29 is 28.8 Å². The maximum absolute atomic E-state index is 13.8. The maximum Gasteiger partial charge on any atom is 0.290 e. The Morgan fingerprint density at radius 3 is 1.73 bits per heavy atom. The van der Waals surface area contributed by atoms with Gasteiger partial charge < -0.3 is 16.4 Å². The summed E-state index contributed by atoms with van der Waals surface area (Å²) in [6, 6.07) is 25.3. The molecule has 4 unspecified atom stereocenters. The first-order valence-corrected chi connectivity index (χ1v) is 16.4. The van der Waals surface area contributed by atoms with Gasteiger partial charge in [-0.05, 0) is 35.4 Å². The number of carbonyl (C=O) groups is 6. The monoisotopic (exact) mass is 653 g/mol. The summed E-state index contributed by atoms with van der Waals surface area (Å²) in [6.07, 6.45) is 0.712. The Bertz CT molecular complexity index is 1560. The molecule has 9 heteroatoms. The summed E-state index contributed by atoms with van der Waals surface area (Å²) in [6.45, 7) is 6.69. The van der Waals surface area contributed by atoms with Crippen molar-refractivity contribution in [3.63, 3.8) is 0 Å². The van der Waals surface area contributed by atoms with E-state index in [1.54, 1.807) is 45.0 Å². The second-order valence-corrected chi connectivity index (χ2v) is 13.1. The van der Waals surface area contributed by atoms with Crippen LogP contribution in [-0.2, 0) is 48.0 Å². The third-order valence-electron chi connectivity index (χ3n) is 8.69. The largest absolute Gasteiger partial charge is 0.369 e. The molecule has 3 amide bonds. The molecule has 0 fully saturated rings. The lowest BCUT2D eigenvalue weighted by Gasteiger charge is -2.27. The van der Waals surface area contributed by atoms with Crippen molar-refractivity contribution in [2.24, 2.45) is 23.0 Å². The normalized spacial score (nSPS) is 13.8. The van der Waals surface area contributed by atoms with Crippen molar-refractivity contribution in [3.05, 3.63) is 108 Å². The topological polar surface area (TPSA) is 152 Å². The summed E-state index contributed by atoms with van der Waals surface area (Å²) in [7, 11) is 0. The standard InChI is InChI=1S/C39H47N3O6/c1-5-26(2)34(35(45)37(47)41-32(23-29-19-13-8-14-20-29)33(44)25-39(3,4)38(40)48)42-36(46)30(21-27-15-9-6-10-16-27)24-31(43)22-28-17-11-7-12-18-28/h6-20,26,30,32,34H,5,21-25H2,1-4H3,(H2,40,48)(H,41,47)(H,42,46). The molecule has 254 valence electrons. The summed E-state index contributed by atoms with van der Waals surface area (Å²) in [5.41, 5.74) is 6.78. The van der Waals surface area contributed by atoms with Crippen molar-refractivity contribution in [1.82, 2.24) is 10.6 Å². The van der Waals surface area contributed by atoms with Crippen molar-refractivity contribution >= 4 is 35.1 Å². The first-order valence-electron chi connectivity index (χ1n) is 16.4. The van der Waals surface area contributed by atoms with Gasteiger partial charge >= 0.3 is 0 Å². The Labute approximate surface area is 283 Å². The van der Waals surface area contributed by atoms with Crippen LogP contribution in [0, 0.1) is 17.3 Å². The van der Waals surface area contributed by atoms with Gasteiger partial charge in [-0.1, -0.05) is 125 Å². The van der Waals surface area contributed by atoms with E-state index in [2.05, 4.69) is 10.6 Å². The molecular weight excluding hydrogens is 606 g/mol. The smallest absolute Gasteiger partial charge is 0.290 e. The van der Waals surface area contributed by atoms with Crippen LogP contribution in [0.2, 0.25) is 0 Å². The van der Waals surface area contributed by atoms with Gasteiger partial charge in [-0.15, -0.1) is 0 Å². The Morgan fingerprint density at radius 1 is 0.729 bits per heavy atom. The summed E-state index contributed by atoms with van der Waals surface area (Å²) in [5, 5.41) is 5.39. The predicted molar refractivity (Wildman–Crippen MR) is 184 cm³/mol. The highest BCUT2D eigenvalue weighted by atomic mass is 16.2. The Kier molecular flexibility index (Phi) is 14.0. The lowest BCUT2D eigenvalue weighted by Crippen LogP contribution is -2.55. The first-order chi connectivity index (χ1) is 22.8. The highest BCUT2D eigenvalue weighted by Crippen LogP contribution is 2.22. The molecule has 0 saturated heterocycles. The third-order valence-corrected chi connectivity index (χ3v) is 8.69. The zero-order chi connectivity index (χ0) is 35.3. The Hall–Kier alpha value is -4.92. The number of ketones is 3. The van der Waals surface area contributed by atoms with Gasteiger partial charge in [0.05, 0.1) is 17.5 Å². The molecule has 4 atom stereocenters. The number of nitrogens with one attached hydrogen (secondary N) is 2. The molecule has 3 aromatic carbocycles. The van der Waals surface area contributed by atoms with E-state index in [1.807, 2.05) is 73.7 Å². The highest BCUT2D eigenvalue weighted by molar-refractivity contribution is 6.39. The zero-order valence-corrected chi connectivity index (χ0v) is 28.2. The van der Waals surface area contributed by atoms with Gasteiger partial charge in [0.15, 0.2) is 5.78 Å². The fourth-order valence-corrected chi connectivity index (χ4v) is 5.41. The lowest BCUT2D eigenvalue weighted by atomic mass is 9.83. The minimum absolute atomic E-state index is 0.0491. The molecule has 0 saturated carbocycles. The number of hydrogen-bond donors (Lipinski definition) is 3. The van der Waals surface area contributed by atoms with Gasteiger partial charge in [0.1, 0.15) is 5.78 Å². The van der Waals surface area contributed by atoms with Crippen molar-refractivity contribution in [2.75, 3.05) is 0 Å². The number of rotatable bonds is 19. The summed E-state index contributed by atoms with van der Waals surface area (Å²) >= 11 is 0. The second-order valence-electron chi connectivity index (χ2n) is 13.1. The Morgan fingerprint density at radius 2 is 1.23 bits per heavy atom. The van der Waals surface area contributed by atoms with Gasteiger partial charge in [0, 0.05) is 25.2 Å². The predicted octanol–water partition coefficient (Wildman–Crippen LogP) is 4.35. The molecule has 3 rings (SSSR count). The zero-order valence-electron chi connectivity index (χ0n) is 28.2. The maximum atomic E-state index is 13.8. The van der Waals surface area contributed by atoms with E-state index >= 15 is 0 Å². The average molecular weight is 654 g/mol. The second kappa shape index (κ2) is 17.8. The van der Waals surface area contributed by atoms with Crippen LogP contribution in [0.3, 0.4) is 0 Å². The molecule has 4 N–H and O–H groups in total. The summed E-state index contributed by atoms with van der Waals surface area (Å²) in [4.78, 5) is 79.6. The third kappa shape index (κ3) is 11.4. The SMILES string of the molecule is CCC(C)C(NC(=O)C(CC(=O)Cc1ccccc1)Cc1ccccc1)C(=O)C(=O)NC(Cc1ccccc1)C(=O)CC(C)(C)C(N)=O. The van der Waals surface area contributed by atoms with Crippen molar-refractivity contribution in [2.45, 2.75) is 78.3 Å². The number of benzene rings is 3. The van der Waals surface area contributed by atoms with Crippen LogP contribution in [0.1, 0.15) is 63.6 Å². The molecule has 0 aliphatic heterocycles. The van der Waals surface area contributed by atoms with Crippen LogP contribution in [-0.4, -0.2) is 47.2 Å². The van der Waals surface area contributed by atoms with Crippen LogP contribution < -0.4 is 16.4 Å². The van der Waals surface area contributed by atoms with E-state index in [-0.39, 0.29) is 37.9 Å². The molecule has 0 aromatic heterocycles. The van der Waals surface area contributed by atoms with Crippen LogP contribution >= 0.6 is 0 Å². The minimum atomic E-state index is -1.19. The molecular formula is C39H47N3O6. The van der Waals surface area contributed by atoms with Crippen LogP contribution in [0.25, 0.3) is 0 Å². The van der Waals surface area contributed by atoms with Crippen LogP contribution in [0.5, 0.6) is 0 Å². The van der Waals surface area contributed by atoms with E-state index in [0.29, 0.717) is 6.42 Å². The van der Waals surface area contributed by atoms with Crippen LogP contribution in [0.4, 0.5) is 0 Å². The molecule has 0 aliphatic carbocycles. The number of carbonyl (C=O) groups excluding carboxylic acids is 6.